The lowest BCUT2D eigenvalue weighted by molar-refractivity contribution is 0.560. The molecule has 1 atom stereocenters. The van der Waals surface area contributed by atoms with Crippen LogP contribution < -0.4 is 10.0 Å². The molecule has 1 heterocycles. The number of hydrogen-bond donors (Lipinski definition) is 2. The summed E-state index contributed by atoms with van der Waals surface area (Å²) in [6.45, 7) is 5.31. The summed E-state index contributed by atoms with van der Waals surface area (Å²) < 4.78 is 26.2. The van der Waals surface area contributed by atoms with E-state index in [4.69, 9.17) is 0 Å². The normalized spacial score (nSPS) is 13.9. The Balaban J connectivity index is 2.45. The molecule has 1 aromatic rings. The standard InChI is InChI=1S/C10H18N2O2S2/c1-3-11-7-9(2)16(13,14)12-8-10-5-4-6-15-10/h4-6,9,11-12H,3,7-8H2,1-2H3. The number of nitrogens with one attached hydrogen (secondary N) is 2. The number of thiophene rings is 1. The minimum Gasteiger partial charge on any atom is -0.316 e. The molecule has 0 fully saturated rings. The fourth-order valence-corrected chi connectivity index (χ4v) is 2.90. The van der Waals surface area contributed by atoms with E-state index in [-0.39, 0.29) is 0 Å². The lowest BCUT2D eigenvalue weighted by atomic mass is 10.5. The molecule has 1 rings (SSSR count). The molecule has 0 aliphatic rings. The molecular weight excluding hydrogens is 244 g/mol. The Kier molecular flexibility index (Phi) is 5.40. The van der Waals surface area contributed by atoms with E-state index < -0.39 is 15.3 Å². The summed E-state index contributed by atoms with van der Waals surface area (Å²) in [6, 6.07) is 3.83. The van der Waals surface area contributed by atoms with Crippen molar-refractivity contribution >= 4 is 21.4 Å². The molecule has 0 aromatic carbocycles. The quantitative estimate of drug-likeness (QED) is 0.775. The van der Waals surface area contributed by atoms with Gasteiger partial charge in [-0.2, -0.15) is 0 Å². The summed E-state index contributed by atoms with van der Waals surface area (Å²) in [5.41, 5.74) is 0. The molecule has 0 saturated heterocycles. The van der Waals surface area contributed by atoms with Crippen LogP contribution in [0.5, 0.6) is 0 Å². The van der Waals surface area contributed by atoms with Crippen molar-refractivity contribution in [3.8, 4) is 0 Å². The van der Waals surface area contributed by atoms with Crippen LogP contribution in [0, 0.1) is 0 Å². The van der Waals surface area contributed by atoms with Gasteiger partial charge in [0.25, 0.3) is 0 Å². The summed E-state index contributed by atoms with van der Waals surface area (Å²) in [7, 11) is -3.21. The maximum absolute atomic E-state index is 11.8. The summed E-state index contributed by atoms with van der Waals surface area (Å²) in [6.07, 6.45) is 0. The van der Waals surface area contributed by atoms with E-state index in [9.17, 15) is 8.42 Å². The van der Waals surface area contributed by atoms with Crippen molar-refractivity contribution in [2.75, 3.05) is 13.1 Å². The van der Waals surface area contributed by atoms with Crippen molar-refractivity contribution in [3.63, 3.8) is 0 Å². The number of sulfonamides is 1. The van der Waals surface area contributed by atoms with Gasteiger partial charge >= 0.3 is 0 Å². The molecule has 0 aliphatic carbocycles. The zero-order valence-electron chi connectivity index (χ0n) is 9.56. The van der Waals surface area contributed by atoms with Crippen molar-refractivity contribution in [1.82, 2.24) is 10.0 Å². The largest absolute Gasteiger partial charge is 0.316 e. The van der Waals surface area contributed by atoms with E-state index in [0.29, 0.717) is 13.1 Å². The van der Waals surface area contributed by atoms with Gasteiger partial charge in [-0.05, 0) is 24.9 Å². The second kappa shape index (κ2) is 6.34. The molecule has 0 spiro atoms. The van der Waals surface area contributed by atoms with E-state index in [1.807, 2.05) is 24.4 Å². The van der Waals surface area contributed by atoms with Crippen LogP contribution >= 0.6 is 11.3 Å². The molecule has 0 bridgehead atoms. The Morgan fingerprint density at radius 1 is 1.50 bits per heavy atom. The maximum atomic E-state index is 11.8. The number of hydrogen-bond acceptors (Lipinski definition) is 4. The van der Waals surface area contributed by atoms with Gasteiger partial charge in [0.1, 0.15) is 0 Å². The average Bonchev–Trinajstić information content (AvgIpc) is 2.76. The third-order valence-corrected chi connectivity index (χ3v) is 4.89. The van der Waals surface area contributed by atoms with Crippen LogP contribution in [0.25, 0.3) is 0 Å². The van der Waals surface area contributed by atoms with Crippen LogP contribution in [0.2, 0.25) is 0 Å². The third-order valence-electron chi connectivity index (χ3n) is 2.24. The second-order valence-corrected chi connectivity index (χ2v) is 6.78. The van der Waals surface area contributed by atoms with Crippen molar-refractivity contribution in [1.29, 1.82) is 0 Å². The van der Waals surface area contributed by atoms with Crippen molar-refractivity contribution in [2.45, 2.75) is 25.6 Å². The molecule has 2 N–H and O–H groups in total. The Hall–Kier alpha value is -0.430. The van der Waals surface area contributed by atoms with Crippen LogP contribution in [0.3, 0.4) is 0 Å². The Morgan fingerprint density at radius 2 is 2.25 bits per heavy atom. The van der Waals surface area contributed by atoms with E-state index in [1.54, 1.807) is 18.3 Å². The Bertz CT molecular complexity index is 387. The van der Waals surface area contributed by atoms with Gasteiger partial charge in [0.15, 0.2) is 0 Å². The van der Waals surface area contributed by atoms with E-state index >= 15 is 0 Å². The zero-order valence-corrected chi connectivity index (χ0v) is 11.2. The Labute approximate surface area is 101 Å². The lowest BCUT2D eigenvalue weighted by Gasteiger charge is -2.13. The summed E-state index contributed by atoms with van der Waals surface area (Å²) in [4.78, 5) is 1.03. The fraction of sp³-hybridized carbons (Fsp3) is 0.600. The summed E-state index contributed by atoms with van der Waals surface area (Å²) >= 11 is 1.55. The first-order chi connectivity index (χ1) is 7.56. The van der Waals surface area contributed by atoms with Gasteiger partial charge in [-0.3, -0.25) is 0 Å². The van der Waals surface area contributed by atoms with Gasteiger partial charge in [-0.15, -0.1) is 11.3 Å². The first-order valence-corrected chi connectivity index (χ1v) is 7.70. The Morgan fingerprint density at radius 3 is 2.81 bits per heavy atom. The van der Waals surface area contributed by atoms with Gasteiger partial charge in [0.05, 0.1) is 5.25 Å². The lowest BCUT2D eigenvalue weighted by Crippen LogP contribution is -2.38. The molecule has 6 heteroatoms. The minimum absolute atomic E-state index is 0.385. The van der Waals surface area contributed by atoms with Crippen LogP contribution in [0.1, 0.15) is 18.7 Å². The van der Waals surface area contributed by atoms with Crippen LogP contribution in [-0.2, 0) is 16.6 Å². The fourth-order valence-electron chi connectivity index (χ4n) is 1.18. The molecule has 0 amide bonds. The predicted molar refractivity (Wildman–Crippen MR) is 68.1 cm³/mol. The zero-order chi connectivity index (χ0) is 12.0. The molecule has 0 saturated carbocycles. The molecular formula is C10H18N2O2S2. The molecule has 4 nitrogen and oxygen atoms in total. The van der Waals surface area contributed by atoms with Crippen LogP contribution in [-0.4, -0.2) is 26.8 Å². The second-order valence-electron chi connectivity index (χ2n) is 3.56. The smallest absolute Gasteiger partial charge is 0.215 e. The van der Waals surface area contributed by atoms with Crippen molar-refractivity contribution in [2.24, 2.45) is 0 Å². The van der Waals surface area contributed by atoms with Crippen molar-refractivity contribution in [3.05, 3.63) is 22.4 Å². The third kappa shape index (κ3) is 4.21. The first kappa shape index (κ1) is 13.6. The molecule has 1 unspecified atom stereocenters. The highest BCUT2D eigenvalue weighted by molar-refractivity contribution is 7.90. The molecule has 0 aliphatic heterocycles. The minimum atomic E-state index is -3.21. The highest BCUT2D eigenvalue weighted by Gasteiger charge is 2.19. The number of rotatable bonds is 7. The van der Waals surface area contributed by atoms with Gasteiger partial charge < -0.3 is 5.32 Å². The maximum Gasteiger partial charge on any atom is 0.215 e. The summed E-state index contributed by atoms with van der Waals surface area (Å²) in [5, 5.41) is 4.56. The van der Waals surface area contributed by atoms with Crippen LogP contribution in [0.15, 0.2) is 17.5 Å². The average molecular weight is 262 g/mol. The van der Waals surface area contributed by atoms with Gasteiger partial charge in [0, 0.05) is 18.0 Å². The molecule has 16 heavy (non-hydrogen) atoms. The van der Waals surface area contributed by atoms with E-state index in [0.717, 1.165) is 11.4 Å². The van der Waals surface area contributed by atoms with Crippen LogP contribution in [0.4, 0.5) is 0 Å². The summed E-state index contributed by atoms with van der Waals surface area (Å²) in [5.74, 6) is 0. The van der Waals surface area contributed by atoms with Gasteiger partial charge in [0.2, 0.25) is 10.0 Å². The van der Waals surface area contributed by atoms with Gasteiger partial charge in [-0.1, -0.05) is 13.0 Å². The van der Waals surface area contributed by atoms with E-state index in [1.165, 1.54) is 0 Å². The SMILES string of the molecule is CCNCC(C)S(=O)(=O)NCc1cccs1. The van der Waals surface area contributed by atoms with E-state index in [2.05, 4.69) is 10.0 Å². The first-order valence-electron chi connectivity index (χ1n) is 5.28. The van der Waals surface area contributed by atoms with Gasteiger partial charge in [-0.25, -0.2) is 13.1 Å². The van der Waals surface area contributed by atoms with Crippen molar-refractivity contribution < 1.29 is 8.42 Å². The topological polar surface area (TPSA) is 58.2 Å². The highest BCUT2D eigenvalue weighted by atomic mass is 32.2. The predicted octanol–water partition coefficient (Wildman–Crippen LogP) is 1.17. The molecule has 1 aromatic heterocycles. The monoisotopic (exact) mass is 262 g/mol. The molecule has 92 valence electrons. The molecule has 0 radical (unpaired) electrons. The highest BCUT2D eigenvalue weighted by Crippen LogP contribution is 2.08.